The number of ether oxygens (including phenoxy) is 1. The van der Waals surface area contributed by atoms with Crippen LogP contribution >= 0.6 is 0 Å². The molecule has 5 rings (SSSR count). The van der Waals surface area contributed by atoms with E-state index in [1.807, 2.05) is 36.4 Å². The van der Waals surface area contributed by atoms with Crippen LogP contribution in [0.2, 0.25) is 0 Å². The lowest BCUT2D eigenvalue weighted by atomic mass is 9.94. The summed E-state index contributed by atoms with van der Waals surface area (Å²) in [5.74, 6) is 0.770. The van der Waals surface area contributed by atoms with Gasteiger partial charge in [0.1, 0.15) is 5.75 Å². The summed E-state index contributed by atoms with van der Waals surface area (Å²) in [5.41, 5.74) is 8.00. The lowest BCUT2D eigenvalue weighted by molar-refractivity contribution is 0.251. The number of para-hydroxylation sites is 1. The predicted octanol–water partition coefficient (Wildman–Crippen LogP) is 5.41. The number of amides is 2. The van der Waals surface area contributed by atoms with Crippen molar-refractivity contribution in [2.24, 2.45) is 0 Å². The fourth-order valence-electron chi connectivity index (χ4n) is 4.82. The normalized spacial score (nSPS) is 13.1. The molecule has 1 aliphatic rings. The van der Waals surface area contributed by atoms with Gasteiger partial charge in [0.25, 0.3) is 0 Å². The maximum atomic E-state index is 12.2. The van der Waals surface area contributed by atoms with Gasteiger partial charge in [-0.05, 0) is 60.0 Å². The van der Waals surface area contributed by atoms with E-state index >= 15 is 0 Å². The van der Waals surface area contributed by atoms with E-state index < -0.39 is 0 Å². The minimum absolute atomic E-state index is 0.263. The molecule has 2 heterocycles. The van der Waals surface area contributed by atoms with Crippen LogP contribution in [0, 0.1) is 6.92 Å². The number of carbonyl (C=O) groups is 1. The minimum Gasteiger partial charge on any atom is -0.493 e. The van der Waals surface area contributed by atoms with Gasteiger partial charge in [-0.3, -0.25) is 4.98 Å². The Morgan fingerprint density at radius 2 is 1.79 bits per heavy atom. The van der Waals surface area contributed by atoms with Gasteiger partial charge in [0.15, 0.2) is 0 Å². The van der Waals surface area contributed by atoms with Crippen molar-refractivity contribution in [2.45, 2.75) is 19.9 Å². The molecular weight excluding hydrogens is 486 g/mol. The van der Waals surface area contributed by atoms with Crippen LogP contribution in [0.1, 0.15) is 16.7 Å². The van der Waals surface area contributed by atoms with Crippen LogP contribution in [0.5, 0.6) is 5.75 Å². The average Bonchev–Trinajstić information content (AvgIpc) is 2.99. The van der Waals surface area contributed by atoms with E-state index in [9.17, 15) is 4.79 Å². The van der Waals surface area contributed by atoms with E-state index in [1.54, 1.807) is 12.4 Å². The van der Waals surface area contributed by atoms with Gasteiger partial charge in [0.2, 0.25) is 0 Å². The van der Waals surface area contributed by atoms with Crippen molar-refractivity contribution in [3.63, 3.8) is 0 Å². The Balaban J connectivity index is 1.19. The van der Waals surface area contributed by atoms with E-state index in [-0.39, 0.29) is 6.03 Å². The number of hydrogen-bond acceptors (Lipinski definition) is 5. The zero-order chi connectivity index (χ0) is 26.9. The number of anilines is 2. The maximum Gasteiger partial charge on any atom is 0.319 e. The van der Waals surface area contributed by atoms with Gasteiger partial charge in [-0.2, -0.15) is 0 Å². The standard InChI is InChI=1S/C32H35N5O2/c1-24-8-9-26(30(21-24)29-6-2-3-7-31(29)37-18-16-33-17-19-37)14-20-39-28-12-10-27(11-13-28)36-32(38)35-23-25-5-4-15-34-22-25/h2-13,15,21-22,33H,14,16-20,23H2,1H3,(H2,35,36,38). The first-order valence-electron chi connectivity index (χ1n) is 13.5. The van der Waals surface area contributed by atoms with E-state index in [1.165, 1.54) is 27.9 Å². The van der Waals surface area contributed by atoms with Crippen molar-refractivity contribution in [1.29, 1.82) is 0 Å². The highest BCUT2D eigenvalue weighted by Crippen LogP contribution is 2.34. The number of hydrogen-bond donors (Lipinski definition) is 3. The number of benzene rings is 3. The molecule has 4 aromatic rings. The van der Waals surface area contributed by atoms with Gasteiger partial charge in [0.05, 0.1) is 6.61 Å². The van der Waals surface area contributed by atoms with E-state index in [0.29, 0.717) is 18.8 Å². The second-order valence-corrected chi connectivity index (χ2v) is 9.71. The van der Waals surface area contributed by atoms with Crippen LogP contribution in [0.3, 0.4) is 0 Å². The molecule has 1 fully saturated rings. The van der Waals surface area contributed by atoms with Crippen molar-refractivity contribution < 1.29 is 9.53 Å². The van der Waals surface area contributed by atoms with Gasteiger partial charge in [-0.15, -0.1) is 0 Å². The number of urea groups is 1. The summed E-state index contributed by atoms with van der Waals surface area (Å²) in [5, 5.41) is 9.13. The number of rotatable bonds is 9. The molecule has 1 aromatic heterocycles. The Hall–Kier alpha value is -4.36. The van der Waals surface area contributed by atoms with Crippen molar-refractivity contribution in [3.05, 3.63) is 108 Å². The van der Waals surface area contributed by atoms with E-state index in [0.717, 1.165) is 43.9 Å². The molecule has 7 nitrogen and oxygen atoms in total. The molecule has 3 N–H and O–H groups in total. The Morgan fingerprint density at radius 1 is 0.974 bits per heavy atom. The largest absolute Gasteiger partial charge is 0.493 e. The number of nitrogens with one attached hydrogen (secondary N) is 3. The predicted molar refractivity (Wildman–Crippen MR) is 157 cm³/mol. The first kappa shape index (κ1) is 26.3. The molecule has 2 amide bonds. The highest BCUT2D eigenvalue weighted by Gasteiger charge is 2.17. The molecule has 0 radical (unpaired) electrons. The maximum absolute atomic E-state index is 12.2. The monoisotopic (exact) mass is 521 g/mol. The molecule has 39 heavy (non-hydrogen) atoms. The lowest BCUT2D eigenvalue weighted by Gasteiger charge is -2.31. The third-order valence-corrected chi connectivity index (χ3v) is 6.85. The van der Waals surface area contributed by atoms with Gasteiger partial charge in [0, 0.05) is 68.5 Å². The molecular formula is C32H35N5O2. The molecule has 7 heteroatoms. The third-order valence-electron chi connectivity index (χ3n) is 6.85. The molecule has 0 saturated carbocycles. The molecule has 0 bridgehead atoms. The van der Waals surface area contributed by atoms with E-state index in [2.05, 4.69) is 75.2 Å². The van der Waals surface area contributed by atoms with Crippen LogP contribution in [0.4, 0.5) is 16.2 Å². The zero-order valence-electron chi connectivity index (χ0n) is 22.3. The van der Waals surface area contributed by atoms with Gasteiger partial charge in [-0.1, -0.05) is 48.0 Å². The topological polar surface area (TPSA) is 78.5 Å². The number of aryl methyl sites for hydroxylation is 1. The molecule has 200 valence electrons. The zero-order valence-corrected chi connectivity index (χ0v) is 22.3. The number of nitrogens with zero attached hydrogens (tertiary/aromatic N) is 2. The SMILES string of the molecule is Cc1ccc(CCOc2ccc(NC(=O)NCc3cccnc3)cc2)c(-c2ccccc2N2CCNCC2)c1. The van der Waals surface area contributed by atoms with Crippen molar-refractivity contribution in [3.8, 4) is 16.9 Å². The summed E-state index contributed by atoms with van der Waals surface area (Å²) in [4.78, 5) is 18.8. The Morgan fingerprint density at radius 3 is 2.59 bits per heavy atom. The van der Waals surface area contributed by atoms with E-state index in [4.69, 9.17) is 4.74 Å². The van der Waals surface area contributed by atoms with Crippen molar-refractivity contribution in [2.75, 3.05) is 43.0 Å². The summed E-state index contributed by atoms with van der Waals surface area (Å²) in [6, 6.07) is 26.4. The Kier molecular flexibility index (Phi) is 8.71. The first-order chi connectivity index (χ1) is 19.2. The number of carbonyl (C=O) groups excluding carboxylic acids is 1. The molecule has 1 saturated heterocycles. The van der Waals surface area contributed by atoms with Crippen LogP contribution in [-0.2, 0) is 13.0 Å². The molecule has 0 atom stereocenters. The van der Waals surface area contributed by atoms with Crippen LogP contribution in [0.15, 0.2) is 91.3 Å². The highest BCUT2D eigenvalue weighted by molar-refractivity contribution is 5.89. The average molecular weight is 522 g/mol. The Labute approximate surface area is 230 Å². The van der Waals surface area contributed by atoms with Crippen LogP contribution < -0.4 is 25.6 Å². The Bertz CT molecular complexity index is 1370. The molecule has 0 spiro atoms. The van der Waals surface area contributed by atoms with Crippen LogP contribution in [-0.4, -0.2) is 43.8 Å². The molecule has 3 aromatic carbocycles. The lowest BCUT2D eigenvalue weighted by Crippen LogP contribution is -2.43. The number of piperazine rings is 1. The fraction of sp³-hybridized carbons (Fsp3) is 0.250. The molecule has 1 aliphatic heterocycles. The second kappa shape index (κ2) is 12.9. The van der Waals surface area contributed by atoms with Gasteiger partial charge < -0.3 is 25.6 Å². The van der Waals surface area contributed by atoms with Gasteiger partial charge >= 0.3 is 6.03 Å². The fourth-order valence-corrected chi connectivity index (χ4v) is 4.82. The molecule has 0 unspecified atom stereocenters. The summed E-state index contributed by atoms with van der Waals surface area (Å²) in [6.07, 6.45) is 4.24. The molecule has 0 aliphatic carbocycles. The summed E-state index contributed by atoms with van der Waals surface area (Å²) < 4.78 is 6.09. The van der Waals surface area contributed by atoms with Crippen LogP contribution in [0.25, 0.3) is 11.1 Å². The van der Waals surface area contributed by atoms with Gasteiger partial charge in [-0.25, -0.2) is 4.79 Å². The van der Waals surface area contributed by atoms with Crippen molar-refractivity contribution >= 4 is 17.4 Å². The summed E-state index contributed by atoms with van der Waals surface area (Å²) >= 11 is 0. The number of pyridine rings is 1. The quantitative estimate of drug-likeness (QED) is 0.275. The number of aromatic nitrogens is 1. The highest BCUT2D eigenvalue weighted by atomic mass is 16.5. The second-order valence-electron chi connectivity index (χ2n) is 9.71. The minimum atomic E-state index is -0.263. The van der Waals surface area contributed by atoms with Crippen molar-refractivity contribution in [1.82, 2.24) is 15.6 Å². The third kappa shape index (κ3) is 7.15. The summed E-state index contributed by atoms with van der Waals surface area (Å²) in [6.45, 7) is 7.16. The smallest absolute Gasteiger partial charge is 0.319 e. The first-order valence-corrected chi connectivity index (χ1v) is 13.5. The summed E-state index contributed by atoms with van der Waals surface area (Å²) in [7, 11) is 0.